The van der Waals surface area contributed by atoms with E-state index in [-0.39, 0.29) is 6.79 Å². The van der Waals surface area contributed by atoms with Crippen LogP contribution in [0.5, 0.6) is 11.5 Å². The molecular formula is C13H13NO5S. The zero-order valence-corrected chi connectivity index (χ0v) is 11.6. The van der Waals surface area contributed by atoms with E-state index in [9.17, 15) is 18.8 Å². The van der Waals surface area contributed by atoms with E-state index in [0.29, 0.717) is 17.1 Å². The Hall–Kier alpha value is -1.78. The van der Waals surface area contributed by atoms with E-state index < -0.39 is 33.0 Å². The second kappa shape index (κ2) is 4.11. The number of ether oxygens (including phenoxy) is 2. The molecule has 0 radical (unpaired) electrons. The molecule has 0 saturated heterocycles. The number of rotatable bonds is 3. The molecule has 0 amide bonds. The van der Waals surface area contributed by atoms with Crippen molar-refractivity contribution in [1.82, 2.24) is 0 Å². The normalized spacial score (nSPS) is 30.9. The maximum Gasteiger partial charge on any atom is 0.231 e. The summed E-state index contributed by atoms with van der Waals surface area (Å²) in [5.74, 6) is 0.588. The highest BCUT2D eigenvalue weighted by atomic mass is 32.2. The molecular weight excluding hydrogens is 282 g/mol. The lowest BCUT2D eigenvalue weighted by atomic mass is 10.0. The molecule has 3 rings (SSSR count). The minimum Gasteiger partial charge on any atom is -0.454 e. The molecule has 0 bridgehead atoms. The van der Waals surface area contributed by atoms with Crippen LogP contribution in [-0.2, 0) is 9.84 Å². The minimum atomic E-state index is -3.43. The first-order valence-electron chi connectivity index (χ1n) is 6.04. The molecule has 1 fully saturated rings. The van der Waals surface area contributed by atoms with E-state index in [2.05, 4.69) is 0 Å². The van der Waals surface area contributed by atoms with Crippen LogP contribution in [0.2, 0.25) is 0 Å². The van der Waals surface area contributed by atoms with Crippen LogP contribution in [0.1, 0.15) is 11.5 Å². The van der Waals surface area contributed by atoms with Gasteiger partial charge >= 0.3 is 0 Å². The van der Waals surface area contributed by atoms with Crippen molar-refractivity contribution in [2.45, 2.75) is 11.2 Å². The average molecular weight is 295 g/mol. The van der Waals surface area contributed by atoms with Crippen molar-refractivity contribution in [3.63, 3.8) is 0 Å². The van der Waals surface area contributed by atoms with Crippen LogP contribution in [0.3, 0.4) is 0 Å². The fraction of sp³-hybridized carbons (Fsp3) is 0.462. The van der Waals surface area contributed by atoms with E-state index in [1.807, 2.05) is 6.07 Å². The first kappa shape index (κ1) is 13.2. The van der Waals surface area contributed by atoms with Gasteiger partial charge in [0.15, 0.2) is 21.3 Å². The Balaban J connectivity index is 2.04. The molecule has 20 heavy (non-hydrogen) atoms. The summed E-state index contributed by atoms with van der Waals surface area (Å²) in [5, 5.41) is 17.9. The lowest BCUT2D eigenvalue weighted by molar-refractivity contribution is 0.174. The number of fused-ring (bicyclic) bond motifs is 1. The standard InChI is InChI=1S/C13H13NO5S/c1-20(16,17)12-11(13(12,5-14)6-15)8-2-3-9-10(4-8)19-7-18-9/h2-4,11-12,15H,6-7H2,1H3/t11-,12+,13+/m0/s1. The Kier molecular flexibility index (Phi) is 2.71. The maximum absolute atomic E-state index is 11.8. The lowest BCUT2D eigenvalue weighted by Gasteiger charge is -2.04. The van der Waals surface area contributed by atoms with Crippen molar-refractivity contribution in [2.75, 3.05) is 19.7 Å². The summed E-state index contributed by atoms with van der Waals surface area (Å²) in [6.45, 7) is -0.358. The van der Waals surface area contributed by atoms with Gasteiger partial charge in [-0.05, 0) is 17.7 Å². The summed E-state index contributed by atoms with van der Waals surface area (Å²) in [5.41, 5.74) is -0.596. The van der Waals surface area contributed by atoms with E-state index in [4.69, 9.17) is 9.47 Å². The number of aliphatic hydroxyl groups is 1. The molecule has 3 atom stereocenters. The maximum atomic E-state index is 11.8. The zero-order chi connectivity index (χ0) is 14.5. The van der Waals surface area contributed by atoms with Crippen LogP contribution in [0.25, 0.3) is 0 Å². The van der Waals surface area contributed by atoms with E-state index >= 15 is 0 Å². The minimum absolute atomic E-state index is 0.127. The number of benzene rings is 1. The van der Waals surface area contributed by atoms with Crippen molar-refractivity contribution in [1.29, 1.82) is 5.26 Å². The molecule has 1 aromatic rings. The van der Waals surface area contributed by atoms with Gasteiger partial charge in [0.25, 0.3) is 0 Å². The topological polar surface area (TPSA) is 96.6 Å². The highest BCUT2D eigenvalue weighted by molar-refractivity contribution is 7.91. The van der Waals surface area contributed by atoms with Crippen molar-refractivity contribution in [2.24, 2.45) is 5.41 Å². The van der Waals surface area contributed by atoms with Crippen molar-refractivity contribution in [3.05, 3.63) is 23.8 Å². The fourth-order valence-electron chi connectivity index (χ4n) is 2.97. The van der Waals surface area contributed by atoms with Crippen LogP contribution >= 0.6 is 0 Å². The molecule has 6 nitrogen and oxygen atoms in total. The summed E-state index contributed by atoms with van der Waals surface area (Å²) in [6, 6.07) is 7.06. The molecule has 0 unspecified atom stereocenters. The quantitative estimate of drug-likeness (QED) is 0.868. The van der Waals surface area contributed by atoms with Crippen LogP contribution in [0.15, 0.2) is 18.2 Å². The second-order valence-corrected chi connectivity index (χ2v) is 7.32. The van der Waals surface area contributed by atoms with E-state index in [1.165, 1.54) is 0 Å². The first-order valence-corrected chi connectivity index (χ1v) is 8.00. The average Bonchev–Trinajstić information content (AvgIpc) is 2.89. The van der Waals surface area contributed by atoms with Gasteiger partial charge in [-0.2, -0.15) is 5.26 Å². The summed E-state index contributed by atoms with van der Waals surface area (Å²) >= 11 is 0. The van der Waals surface area contributed by atoms with Gasteiger partial charge in [0, 0.05) is 12.2 Å². The summed E-state index contributed by atoms with van der Waals surface area (Å²) in [6.07, 6.45) is 1.09. The van der Waals surface area contributed by atoms with Crippen LogP contribution in [-0.4, -0.2) is 38.4 Å². The zero-order valence-electron chi connectivity index (χ0n) is 10.7. The fourth-order valence-corrected chi connectivity index (χ4v) is 4.82. The third kappa shape index (κ3) is 1.69. The number of nitriles is 1. The third-order valence-corrected chi connectivity index (χ3v) is 5.56. The van der Waals surface area contributed by atoms with Crippen molar-refractivity contribution in [3.8, 4) is 17.6 Å². The molecule has 1 aromatic carbocycles. The molecule has 1 heterocycles. The molecule has 1 N–H and O–H groups in total. The highest BCUT2D eigenvalue weighted by Gasteiger charge is 2.70. The van der Waals surface area contributed by atoms with Crippen LogP contribution in [0.4, 0.5) is 0 Å². The number of sulfone groups is 1. The summed E-state index contributed by atoms with van der Waals surface area (Å²) < 4.78 is 34.1. The Morgan fingerprint density at radius 2 is 2.15 bits per heavy atom. The van der Waals surface area contributed by atoms with Gasteiger partial charge in [0.05, 0.1) is 17.9 Å². The van der Waals surface area contributed by atoms with Crippen molar-refractivity contribution < 1.29 is 23.0 Å². The van der Waals surface area contributed by atoms with Gasteiger partial charge in [-0.3, -0.25) is 0 Å². The van der Waals surface area contributed by atoms with E-state index in [0.717, 1.165) is 6.26 Å². The highest BCUT2D eigenvalue weighted by Crippen LogP contribution is 2.62. The first-order chi connectivity index (χ1) is 9.44. The smallest absolute Gasteiger partial charge is 0.231 e. The number of hydrogen-bond acceptors (Lipinski definition) is 6. The number of hydrogen-bond donors (Lipinski definition) is 1. The lowest BCUT2D eigenvalue weighted by Crippen LogP contribution is -2.16. The van der Waals surface area contributed by atoms with Crippen molar-refractivity contribution >= 4 is 9.84 Å². The molecule has 0 spiro atoms. The number of nitrogens with zero attached hydrogens (tertiary/aromatic N) is 1. The Labute approximate surface area is 116 Å². The van der Waals surface area contributed by atoms with Gasteiger partial charge in [0.2, 0.25) is 6.79 Å². The Morgan fingerprint density at radius 3 is 2.70 bits per heavy atom. The molecule has 1 aliphatic heterocycles. The second-order valence-electron chi connectivity index (χ2n) is 5.15. The molecule has 0 aromatic heterocycles. The predicted octanol–water partition coefficient (Wildman–Crippen LogP) is 0.428. The largest absolute Gasteiger partial charge is 0.454 e. The Bertz CT molecular complexity index is 708. The Morgan fingerprint density at radius 1 is 1.45 bits per heavy atom. The molecule has 7 heteroatoms. The molecule has 1 aliphatic carbocycles. The van der Waals surface area contributed by atoms with E-state index in [1.54, 1.807) is 18.2 Å². The third-order valence-electron chi connectivity index (χ3n) is 3.94. The summed E-state index contributed by atoms with van der Waals surface area (Å²) in [4.78, 5) is 0. The van der Waals surface area contributed by atoms with Gasteiger partial charge in [-0.1, -0.05) is 6.07 Å². The van der Waals surface area contributed by atoms with Gasteiger partial charge < -0.3 is 14.6 Å². The molecule has 2 aliphatic rings. The van der Waals surface area contributed by atoms with Crippen LogP contribution < -0.4 is 9.47 Å². The molecule has 1 saturated carbocycles. The predicted molar refractivity (Wildman–Crippen MR) is 69.1 cm³/mol. The monoisotopic (exact) mass is 295 g/mol. The van der Waals surface area contributed by atoms with Crippen LogP contribution in [0, 0.1) is 16.7 Å². The van der Waals surface area contributed by atoms with Gasteiger partial charge in [0.1, 0.15) is 5.41 Å². The number of aliphatic hydroxyl groups excluding tert-OH is 1. The molecule has 106 valence electrons. The van der Waals surface area contributed by atoms with Gasteiger partial charge in [-0.25, -0.2) is 8.42 Å². The SMILES string of the molecule is CS(=O)(=O)[C@@H]1[C@H](c2ccc3c(c2)OCO3)[C@@]1(C#N)CO. The van der Waals surface area contributed by atoms with Gasteiger partial charge in [-0.15, -0.1) is 0 Å². The summed E-state index contributed by atoms with van der Waals surface area (Å²) in [7, 11) is -3.43.